The van der Waals surface area contributed by atoms with Crippen molar-refractivity contribution >= 4 is 27.5 Å². The Morgan fingerprint density at radius 2 is 1.77 bits per heavy atom. The lowest BCUT2D eigenvalue weighted by Gasteiger charge is -2.31. The van der Waals surface area contributed by atoms with Crippen molar-refractivity contribution in [2.75, 3.05) is 23.7 Å². The lowest BCUT2D eigenvalue weighted by molar-refractivity contribution is -0.141. The summed E-state index contributed by atoms with van der Waals surface area (Å²) in [6.07, 6.45) is 1.47. The van der Waals surface area contributed by atoms with Gasteiger partial charge in [-0.2, -0.15) is 0 Å². The van der Waals surface area contributed by atoms with Crippen molar-refractivity contribution in [2.45, 2.75) is 52.6 Å². The van der Waals surface area contributed by atoms with Gasteiger partial charge in [0.25, 0.3) is 0 Å². The number of halogens is 2. The van der Waals surface area contributed by atoms with Crippen LogP contribution >= 0.6 is 0 Å². The highest BCUT2D eigenvalue weighted by atomic mass is 32.2. The molecule has 2 amide bonds. The van der Waals surface area contributed by atoms with Gasteiger partial charge in [0.1, 0.15) is 6.04 Å². The number of sulfonamides is 1. The number of carbonyl (C=O) groups excluding carboxylic acids is 2. The minimum absolute atomic E-state index is 0.0239. The first-order chi connectivity index (χ1) is 16.5. The molecule has 0 aliphatic rings. The van der Waals surface area contributed by atoms with Crippen molar-refractivity contribution in [3.05, 3.63) is 65.2 Å². The van der Waals surface area contributed by atoms with Gasteiger partial charge in [-0.25, -0.2) is 17.2 Å². The van der Waals surface area contributed by atoms with Crippen molar-refractivity contribution in [1.82, 2.24) is 10.2 Å². The van der Waals surface area contributed by atoms with Gasteiger partial charge in [0, 0.05) is 32.1 Å². The smallest absolute Gasteiger partial charge is 0.242 e. The molecule has 0 saturated heterocycles. The van der Waals surface area contributed by atoms with Crippen LogP contribution in [0, 0.1) is 18.6 Å². The molecule has 7 nitrogen and oxygen atoms in total. The average Bonchev–Trinajstić information content (AvgIpc) is 2.78. The first-order valence-corrected chi connectivity index (χ1v) is 13.4. The van der Waals surface area contributed by atoms with Gasteiger partial charge in [-0.15, -0.1) is 0 Å². The van der Waals surface area contributed by atoms with E-state index in [2.05, 4.69) is 5.32 Å². The van der Waals surface area contributed by atoms with Crippen LogP contribution in [0.25, 0.3) is 0 Å². The summed E-state index contributed by atoms with van der Waals surface area (Å²) in [5, 5.41) is 2.77. The SMILES string of the molecule is CCNC(=O)[C@H](CC)N(Cc1cccc(C)c1)C(=O)CCCN(c1ccc(F)c(F)c1)S(C)(=O)=O. The Morgan fingerprint density at radius 3 is 2.34 bits per heavy atom. The molecule has 0 saturated carbocycles. The van der Waals surface area contributed by atoms with Crippen LogP contribution in [0.4, 0.5) is 14.5 Å². The van der Waals surface area contributed by atoms with Gasteiger partial charge < -0.3 is 10.2 Å². The topological polar surface area (TPSA) is 86.8 Å². The minimum Gasteiger partial charge on any atom is -0.355 e. The molecule has 0 spiro atoms. The Labute approximate surface area is 206 Å². The van der Waals surface area contributed by atoms with Gasteiger partial charge in [-0.3, -0.25) is 13.9 Å². The third kappa shape index (κ3) is 8.02. The Hall–Kier alpha value is -3.01. The fraction of sp³-hybridized carbons (Fsp3) is 0.440. The van der Waals surface area contributed by atoms with Crippen LogP contribution in [0.2, 0.25) is 0 Å². The van der Waals surface area contributed by atoms with E-state index in [1.165, 1.54) is 11.0 Å². The molecule has 0 fully saturated rings. The molecule has 0 aromatic heterocycles. The van der Waals surface area contributed by atoms with E-state index in [0.717, 1.165) is 33.8 Å². The second-order valence-electron chi connectivity index (χ2n) is 8.37. The number of hydrogen-bond donors (Lipinski definition) is 1. The quantitative estimate of drug-likeness (QED) is 0.472. The summed E-state index contributed by atoms with van der Waals surface area (Å²) in [5.41, 5.74) is 1.88. The maximum absolute atomic E-state index is 13.7. The van der Waals surface area contributed by atoms with Crippen LogP contribution in [-0.4, -0.2) is 50.5 Å². The van der Waals surface area contributed by atoms with Crippen molar-refractivity contribution in [1.29, 1.82) is 0 Å². The van der Waals surface area contributed by atoms with Crippen LogP contribution in [0.15, 0.2) is 42.5 Å². The molecule has 192 valence electrons. The summed E-state index contributed by atoms with van der Waals surface area (Å²) in [6.45, 7) is 6.12. The van der Waals surface area contributed by atoms with Gasteiger partial charge in [0.2, 0.25) is 21.8 Å². The maximum Gasteiger partial charge on any atom is 0.242 e. The number of nitrogens with one attached hydrogen (secondary N) is 1. The number of carbonyl (C=O) groups is 2. The van der Waals surface area contributed by atoms with Crippen LogP contribution in [-0.2, 0) is 26.2 Å². The average molecular weight is 510 g/mol. The highest BCUT2D eigenvalue weighted by molar-refractivity contribution is 7.92. The number of aryl methyl sites for hydroxylation is 1. The predicted molar refractivity (Wildman–Crippen MR) is 132 cm³/mol. The monoisotopic (exact) mass is 509 g/mol. The highest BCUT2D eigenvalue weighted by Crippen LogP contribution is 2.22. The molecule has 0 aliphatic heterocycles. The van der Waals surface area contributed by atoms with Gasteiger partial charge in [-0.05, 0) is 44.4 Å². The molecule has 0 unspecified atom stereocenters. The molecule has 1 atom stereocenters. The fourth-order valence-electron chi connectivity index (χ4n) is 3.86. The van der Waals surface area contributed by atoms with Crippen molar-refractivity contribution < 1.29 is 26.8 Å². The summed E-state index contributed by atoms with van der Waals surface area (Å²) < 4.78 is 52.5. The number of amides is 2. The summed E-state index contributed by atoms with van der Waals surface area (Å²) in [6, 6.07) is 9.81. The van der Waals surface area contributed by atoms with Crippen LogP contribution in [0.3, 0.4) is 0 Å². The lowest BCUT2D eigenvalue weighted by atomic mass is 10.1. The van der Waals surface area contributed by atoms with Crippen molar-refractivity contribution in [2.24, 2.45) is 0 Å². The number of benzene rings is 2. The van der Waals surface area contributed by atoms with Crippen molar-refractivity contribution in [3.8, 4) is 0 Å². The van der Waals surface area contributed by atoms with E-state index in [1.807, 2.05) is 38.1 Å². The molecule has 0 bridgehead atoms. The molecule has 2 aromatic carbocycles. The molecular formula is C25H33F2N3O4S. The summed E-state index contributed by atoms with van der Waals surface area (Å²) in [5.74, 6) is -2.80. The first-order valence-electron chi connectivity index (χ1n) is 11.5. The largest absolute Gasteiger partial charge is 0.355 e. The molecule has 0 aliphatic carbocycles. The predicted octanol–water partition coefficient (Wildman–Crippen LogP) is 3.76. The third-order valence-electron chi connectivity index (χ3n) is 5.52. The molecule has 35 heavy (non-hydrogen) atoms. The normalized spacial score (nSPS) is 12.2. The second-order valence-corrected chi connectivity index (χ2v) is 10.3. The van der Waals surface area contributed by atoms with Gasteiger partial charge in [0.15, 0.2) is 11.6 Å². The standard InChI is InChI=1S/C25H33F2N3O4S/c1-5-23(25(32)28-6-2)29(17-19-10-7-9-18(3)15-19)24(31)11-8-14-30(35(4,33)34)20-12-13-21(26)22(27)16-20/h7,9-10,12-13,15-16,23H,5-6,8,11,14,17H2,1-4H3,(H,28,32)/t23-/m0/s1. The Kier molecular flexibility index (Phi) is 10.2. The first kappa shape index (κ1) is 28.2. The van der Waals surface area contributed by atoms with E-state index in [9.17, 15) is 26.8 Å². The third-order valence-corrected chi connectivity index (χ3v) is 6.71. The highest BCUT2D eigenvalue weighted by Gasteiger charge is 2.28. The van der Waals surface area contributed by atoms with Gasteiger partial charge >= 0.3 is 0 Å². The number of anilines is 1. The fourth-order valence-corrected chi connectivity index (χ4v) is 4.82. The molecular weight excluding hydrogens is 476 g/mol. The molecule has 0 heterocycles. The van der Waals surface area contributed by atoms with E-state index in [4.69, 9.17) is 0 Å². The Bertz CT molecular complexity index is 1140. The second kappa shape index (κ2) is 12.6. The van der Waals surface area contributed by atoms with E-state index in [-0.39, 0.29) is 43.4 Å². The zero-order valence-electron chi connectivity index (χ0n) is 20.6. The molecule has 1 N–H and O–H groups in total. The summed E-state index contributed by atoms with van der Waals surface area (Å²) in [4.78, 5) is 27.5. The number of rotatable bonds is 12. The van der Waals surface area contributed by atoms with Gasteiger partial charge in [-0.1, -0.05) is 36.8 Å². The van der Waals surface area contributed by atoms with Crippen molar-refractivity contribution in [3.63, 3.8) is 0 Å². The molecule has 2 aromatic rings. The number of hydrogen-bond acceptors (Lipinski definition) is 4. The maximum atomic E-state index is 13.7. The number of likely N-dealkylation sites (N-methyl/N-ethyl adjacent to an activating group) is 1. The van der Waals surface area contributed by atoms with E-state index in [0.29, 0.717) is 13.0 Å². The van der Waals surface area contributed by atoms with Gasteiger partial charge in [0.05, 0.1) is 11.9 Å². The zero-order valence-corrected chi connectivity index (χ0v) is 21.4. The Balaban J connectivity index is 2.22. The van der Waals surface area contributed by atoms with E-state index in [1.54, 1.807) is 6.92 Å². The molecule has 10 heteroatoms. The molecule has 2 rings (SSSR count). The molecule has 0 radical (unpaired) electrons. The zero-order chi connectivity index (χ0) is 26.2. The van der Waals surface area contributed by atoms with Crippen LogP contribution < -0.4 is 9.62 Å². The van der Waals surface area contributed by atoms with Crippen LogP contribution in [0.1, 0.15) is 44.2 Å². The lowest BCUT2D eigenvalue weighted by Crippen LogP contribution is -2.49. The Morgan fingerprint density at radius 1 is 1.06 bits per heavy atom. The summed E-state index contributed by atoms with van der Waals surface area (Å²) in [7, 11) is -3.81. The van der Waals surface area contributed by atoms with E-state index >= 15 is 0 Å². The van der Waals surface area contributed by atoms with E-state index < -0.39 is 27.7 Å². The minimum atomic E-state index is -3.81. The van der Waals surface area contributed by atoms with Crippen LogP contribution in [0.5, 0.6) is 0 Å². The number of nitrogens with zero attached hydrogens (tertiary/aromatic N) is 2. The summed E-state index contributed by atoms with van der Waals surface area (Å²) >= 11 is 0.